The van der Waals surface area contributed by atoms with Crippen LogP contribution in [0.1, 0.15) is 18.7 Å². The van der Waals surface area contributed by atoms with Crippen LogP contribution in [0.4, 0.5) is 0 Å². The first kappa shape index (κ1) is 22.9. The number of rotatable bonds is 9. The molecule has 2 N–H and O–H groups in total. The summed E-state index contributed by atoms with van der Waals surface area (Å²) in [5, 5.41) is 18.4. The van der Waals surface area contributed by atoms with E-state index in [-0.39, 0.29) is 30.0 Å². The molecule has 1 aliphatic carbocycles. The second-order valence-electron chi connectivity index (χ2n) is 7.30. The summed E-state index contributed by atoms with van der Waals surface area (Å²) in [4.78, 5) is 28.2. The van der Waals surface area contributed by atoms with Crippen molar-refractivity contribution < 1.29 is 14.1 Å². The number of carbonyl (C=O) groups excluding carboxylic acids is 2. The quantitative estimate of drug-likeness (QED) is 0.516. The zero-order valence-corrected chi connectivity index (χ0v) is 18.9. The zero-order valence-electron chi connectivity index (χ0n) is 17.4. The third kappa shape index (κ3) is 5.55. The second kappa shape index (κ2) is 10.5. The maximum Gasteiger partial charge on any atom is 0.276 e. The molecule has 33 heavy (non-hydrogen) atoms. The Morgan fingerprint density at radius 3 is 2.76 bits per heavy atom. The predicted molar refractivity (Wildman–Crippen MR) is 122 cm³/mol. The van der Waals surface area contributed by atoms with Crippen molar-refractivity contribution in [1.29, 1.82) is 0 Å². The van der Waals surface area contributed by atoms with Crippen molar-refractivity contribution in [2.45, 2.75) is 19.3 Å². The highest BCUT2D eigenvalue weighted by molar-refractivity contribution is 6.38. The molecule has 0 spiro atoms. The van der Waals surface area contributed by atoms with Gasteiger partial charge in [-0.05, 0) is 18.6 Å². The van der Waals surface area contributed by atoms with Gasteiger partial charge in [-0.2, -0.15) is 4.98 Å². The molecule has 1 unspecified atom stereocenters. The molecule has 0 saturated carbocycles. The number of nitrogens with one attached hydrogen (secondary N) is 2. The van der Waals surface area contributed by atoms with E-state index >= 15 is 0 Å². The van der Waals surface area contributed by atoms with Crippen molar-refractivity contribution in [3.8, 4) is 11.4 Å². The Morgan fingerprint density at radius 1 is 1.12 bits per heavy atom. The molecule has 2 amide bonds. The number of halogens is 2. The molecule has 0 fully saturated rings. The third-order valence-electron chi connectivity index (χ3n) is 5.00. The molecule has 1 aliphatic heterocycles. The summed E-state index contributed by atoms with van der Waals surface area (Å²) in [5.41, 5.74) is 1.30. The molecule has 1 aromatic heterocycles. The smallest absolute Gasteiger partial charge is 0.276 e. The standard InChI is InChI=1S/C22H20Cl2N6O3/c23-15-7-3-8-16(24)19(15)21-27-18(33-30-21)10-9-17(31)25-11-4-12-26-20-13-5-1-2-6-14(13)22(32)29-28-20/h1-3,5-8,14,26H,4,9-12H2,(H,25,31). The fraction of sp³-hybridized carbons (Fsp3) is 0.273. The van der Waals surface area contributed by atoms with Crippen molar-refractivity contribution >= 4 is 35.0 Å². The fourth-order valence-corrected chi connectivity index (χ4v) is 3.91. The third-order valence-corrected chi connectivity index (χ3v) is 5.63. The summed E-state index contributed by atoms with van der Waals surface area (Å²) < 4.78 is 5.21. The summed E-state index contributed by atoms with van der Waals surface area (Å²) in [6.45, 7) is 1.05. The number of aromatic nitrogens is 2. The highest BCUT2D eigenvalue weighted by atomic mass is 35.5. The largest absolute Gasteiger partial charge is 0.368 e. The maximum atomic E-state index is 12.1. The number of allylic oxidation sites excluding steroid dienone is 3. The number of aryl methyl sites for hydroxylation is 1. The van der Waals surface area contributed by atoms with Gasteiger partial charge in [-0.15, -0.1) is 10.2 Å². The van der Waals surface area contributed by atoms with Gasteiger partial charge in [0.15, 0.2) is 5.82 Å². The Hall–Kier alpha value is -3.30. The topological polar surface area (TPSA) is 122 Å². The number of carbonyl (C=O) groups is 2. The molecule has 4 rings (SSSR count). The highest BCUT2D eigenvalue weighted by Crippen LogP contribution is 2.32. The van der Waals surface area contributed by atoms with E-state index in [2.05, 4.69) is 31.0 Å². The fourth-order valence-electron chi connectivity index (χ4n) is 3.34. The van der Waals surface area contributed by atoms with Crippen LogP contribution in [-0.4, -0.2) is 35.0 Å². The van der Waals surface area contributed by atoms with E-state index in [1.807, 2.05) is 18.2 Å². The van der Waals surface area contributed by atoms with Crippen LogP contribution in [0.5, 0.6) is 0 Å². The average Bonchev–Trinajstić information content (AvgIpc) is 3.27. The molecular weight excluding hydrogens is 467 g/mol. The van der Waals surface area contributed by atoms with Crippen molar-refractivity contribution in [3.63, 3.8) is 0 Å². The normalized spacial score (nSPS) is 16.8. The monoisotopic (exact) mass is 486 g/mol. The minimum absolute atomic E-state index is 0.129. The molecule has 1 aromatic carbocycles. The summed E-state index contributed by atoms with van der Waals surface area (Å²) in [6.07, 6.45) is 8.51. The highest BCUT2D eigenvalue weighted by Gasteiger charge is 2.27. The molecule has 170 valence electrons. The van der Waals surface area contributed by atoms with Gasteiger partial charge >= 0.3 is 0 Å². The number of nitrogens with zero attached hydrogens (tertiary/aromatic N) is 4. The molecular formula is C22H20Cl2N6O3. The SMILES string of the molecule is O=C(CCc1nc(-c2c(Cl)cccc2Cl)no1)NCCCNC1=C2C=CC=CC2C(=O)N=N1. The molecule has 2 aromatic rings. The Labute approximate surface area is 199 Å². The lowest BCUT2D eigenvalue weighted by Crippen LogP contribution is -2.28. The van der Waals surface area contributed by atoms with E-state index in [4.69, 9.17) is 27.7 Å². The van der Waals surface area contributed by atoms with Crippen molar-refractivity contribution in [3.05, 3.63) is 69.8 Å². The lowest BCUT2D eigenvalue weighted by molar-refractivity contribution is -0.121. The summed E-state index contributed by atoms with van der Waals surface area (Å²) in [6, 6.07) is 5.11. The van der Waals surface area contributed by atoms with Gasteiger partial charge in [0.05, 0.1) is 21.5 Å². The maximum absolute atomic E-state index is 12.1. The number of hydrogen-bond donors (Lipinski definition) is 2. The van der Waals surface area contributed by atoms with Crippen LogP contribution in [0.15, 0.2) is 68.6 Å². The van der Waals surface area contributed by atoms with Crippen molar-refractivity contribution in [2.75, 3.05) is 13.1 Å². The predicted octanol–water partition coefficient (Wildman–Crippen LogP) is 4.02. The van der Waals surface area contributed by atoms with E-state index in [0.29, 0.717) is 53.3 Å². The lowest BCUT2D eigenvalue weighted by Gasteiger charge is -2.20. The Bertz CT molecular complexity index is 1160. The van der Waals surface area contributed by atoms with E-state index < -0.39 is 0 Å². The van der Waals surface area contributed by atoms with E-state index in [1.165, 1.54) is 0 Å². The number of benzene rings is 1. The summed E-state index contributed by atoms with van der Waals surface area (Å²) >= 11 is 12.3. The van der Waals surface area contributed by atoms with Crippen LogP contribution in [0.3, 0.4) is 0 Å². The Kier molecular flexibility index (Phi) is 7.31. The molecule has 0 saturated heterocycles. The van der Waals surface area contributed by atoms with Gasteiger partial charge in [0, 0.05) is 31.5 Å². The second-order valence-corrected chi connectivity index (χ2v) is 8.12. The summed E-state index contributed by atoms with van der Waals surface area (Å²) in [5.74, 6) is 0.413. The average molecular weight is 487 g/mol. The minimum atomic E-state index is -0.381. The summed E-state index contributed by atoms with van der Waals surface area (Å²) in [7, 11) is 0. The van der Waals surface area contributed by atoms with Crippen LogP contribution in [0, 0.1) is 5.92 Å². The van der Waals surface area contributed by atoms with Crippen molar-refractivity contribution in [1.82, 2.24) is 20.8 Å². The van der Waals surface area contributed by atoms with Gasteiger partial charge in [0.2, 0.25) is 17.6 Å². The molecule has 2 heterocycles. The van der Waals surface area contributed by atoms with Gasteiger partial charge in [-0.25, -0.2) is 0 Å². The first-order chi connectivity index (χ1) is 16.0. The molecule has 11 heteroatoms. The van der Waals surface area contributed by atoms with Gasteiger partial charge < -0.3 is 15.2 Å². The molecule has 1 atom stereocenters. The van der Waals surface area contributed by atoms with Crippen LogP contribution in [-0.2, 0) is 16.0 Å². The molecule has 0 bridgehead atoms. The van der Waals surface area contributed by atoms with Gasteiger partial charge in [0.1, 0.15) is 0 Å². The van der Waals surface area contributed by atoms with Gasteiger partial charge in [-0.1, -0.05) is 58.7 Å². The zero-order chi connectivity index (χ0) is 23.2. The number of hydrogen-bond acceptors (Lipinski definition) is 7. The molecule has 0 radical (unpaired) electrons. The van der Waals surface area contributed by atoms with E-state index in [1.54, 1.807) is 24.3 Å². The minimum Gasteiger partial charge on any atom is -0.368 e. The number of amides is 2. The number of fused-ring (bicyclic) bond motifs is 1. The Balaban J connectivity index is 1.19. The first-order valence-corrected chi connectivity index (χ1v) is 11.1. The first-order valence-electron chi connectivity index (χ1n) is 10.3. The molecule has 2 aliphatic rings. The van der Waals surface area contributed by atoms with Crippen LogP contribution in [0.2, 0.25) is 10.0 Å². The van der Waals surface area contributed by atoms with Crippen molar-refractivity contribution in [2.24, 2.45) is 16.1 Å². The van der Waals surface area contributed by atoms with Crippen LogP contribution < -0.4 is 10.6 Å². The Morgan fingerprint density at radius 2 is 1.94 bits per heavy atom. The number of azo groups is 1. The van der Waals surface area contributed by atoms with Crippen LogP contribution in [0.25, 0.3) is 11.4 Å². The van der Waals surface area contributed by atoms with Gasteiger partial charge in [-0.3, -0.25) is 9.59 Å². The van der Waals surface area contributed by atoms with E-state index in [0.717, 1.165) is 5.57 Å². The van der Waals surface area contributed by atoms with E-state index in [9.17, 15) is 9.59 Å². The van der Waals surface area contributed by atoms with Crippen LogP contribution >= 0.6 is 23.2 Å². The lowest BCUT2D eigenvalue weighted by atomic mass is 9.93. The van der Waals surface area contributed by atoms with Gasteiger partial charge in [0.25, 0.3) is 5.91 Å². The molecule has 9 nitrogen and oxygen atoms in total.